The summed E-state index contributed by atoms with van der Waals surface area (Å²) in [5.41, 5.74) is -0.906. The third-order valence-corrected chi connectivity index (χ3v) is 4.06. The van der Waals surface area contributed by atoms with E-state index in [1.54, 1.807) is 11.5 Å². The molecule has 10 heteroatoms. The number of hydrogen-bond donors (Lipinski definition) is 1. The topological polar surface area (TPSA) is 88.3 Å². The zero-order chi connectivity index (χ0) is 18.4. The highest BCUT2D eigenvalue weighted by Crippen LogP contribution is 2.29. The summed E-state index contributed by atoms with van der Waals surface area (Å²) >= 11 is 0. The number of halogens is 3. The predicted octanol–water partition coefficient (Wildman–Crippen LogP) is 1.71. The number of carbonyl (C=O) groups excluding carboxylic acids is 1. The molecule has 1 unspecified atom stereocenters. The van der Waals surface area contributed by atoms with Crippen LogP contribution in [0.25, 0.3) is 0 Å². The monoisotopic (exact) mass is 354 g/mol. The average Bonchev–Trinajstić information content (AvgIpc) is 2.93. The normalized spacial score (nSPS) is 17.3. The number of carboxylic acids is 1. The second-order valence-electron chi connectivity index (χ2n) is 5.64. The largest absolute Gasteiger partial charge is 0.480 e. The van der Waals surface area contributed by atoms with Crippen LogP contribution in [0.2, 0.25) is 0 Å². The van der Waals surface area contributed by atoms with Crippen LogP contribution in [0.15, 0.2) is 24.3 Å². The van der Waals surface area contributed by atoms with E-state index in [0.717, 1.165) is 29.2 Å². The molecule has 1 amide bonds. The fraction of sp³-hybridized carbons (Fsp3) is 0.333. The first-order valence-corrected chi connectivity index (χ1v) is 7.28. The van der Waals surface area contributed by atoms with Crippen molar-refractivity contribution in [1.29, 1.82) is 0 Å². The molecule has 7 nitrogen and oxygen atoms in total. The Labute approximate surface area is 139 Å². The molecule has 0 bridgehead atoms. The van der Waals surface area contributed by atoms with Gasteiger partial charge < -0.3 is 14.6 Å². The lowest BCUT2D eigenvalue weighted by molar-refractivity contribution is -0.143. The molecule has 132 valence electrons. The number of alkyl halides is 3. The lowest BCUT2D eigenvalue weighted by atomic mass is 10.1. The van der Waals surface area contributed by atoms with Crippen LogP contribution < -0.4 is 0 Å². The zero-order valence-electron chi connectivity index (χ0n) is 13.0. The minimum atomic E-state index is -4.51. The fourth-order valence-corrected chi connectivity index (χ4v) is 2.71. The molecule has 3 rings (SSSR count). The van der Waals surface area contributed by atoms with Crippen molar-refractivity contribution in [2.24, 2.45) is 0 Å². The van der Waals surface area contributed by atoms with Crippen molar-refractivity contribution in [3.63, 3.8) is 0 Å². The van der Waals surface area contributed by atoms with E-state index in [1.807, 2.05) is 0 Å². The molecule has 25 heavy (non-hydrogen) atoms. The molecule has 2 heterocycles. The fourth-order valence-electron chi connectivity index (χ4n) is 2.71. The summed E-state index contributed by atoms with van der Waals surface area (Å²) < 4.78 is 39.5. The maximum Gasteiger partial charge on any atom is 0.416 e. The van der Waals surface area contributed by atoms with E-state index in [9.17, 15) is 27.9 Å². The van der Waals surface area contributed by atoms with Crippen LogP contribution in [0.4, 0.5) is 13.2 Å². The van der Waals surface area contributed by atoms with Gasteiger partial charge in [-0.15, -0.1) is 10.2 Å². The number of benzene rings is 1. The van der Waals surface area contributed by atoms with Crippen LogP contribution in [0.5, 0.6) is 0 Å². The van der Waals surface area contributed by atoms with Crippen LogP contribution in [-0.2, 0) is 24.1 Å². The first kappa shape index (κ1) is 16.9. The van der Waals surface area contributed by atoms with Crippen LogP contribution in [0.3, 0.4) is 0 Å². The van der Waals surface area contributed by atoms with Crippen molar-refractivity contribution >= 4 is 11.9 Å². The van der Waals surface area contributed by atoms with Gasteiger partial charge in [0.05, 0.1) is 18.7 Å². The van der Waals surface area contributed by atoms with E-state index in [1.165, 1.54) is 0 Å². The van der Waals surface area contributed by atoms with Crippen molar-refractivity contribution in [3.05, 3.63) is 47.0 Å². The Morgan fingerprint density at radius 3 is 2.40 bits per heavy atom. The van der Waals surface area contributed by atoms with Crippen molar-refractivity contribution in [2.75, 3.05) is 0 Å². The molecule has 1 N–H and O–H groups in total. The van der Waals surface area contributed by atoms with E-state index < -0.39 is 29.7 Å². The Bertz CT molecular complexity index is 830. The van der Waals surface area contributed by atoms with Gasteiger partial charge >= 0.3 is 12.1 Å². The zero-order valence-corrected chi connectivity index (χ0v) is 13.0. The summed E-state index contributed by atoms with van der Waals surface area (Å²) in [5, 5.41) is 17.2. The van der Waals surface area contributed by atoms with Gasteiger partial charge in [-0.25, -0.2) is 4.79 Å². The highest BCUT2D eigenvalue weighted by Gasteiger charge is 2.37. The molecule has 0 radical (unpaired) electrons. The lowest BCUT2D eigenvalue weighted by Crippen LogP contribution is -2.50. The maximum atomic E-state index is 12.6. The third kappa shape index (κ3) is 3.06. The molecule has 1 aromatic heterocycles. The Balaban J connectivity index is 1.91. The molecule has 1 atom stereocenters. The van der Waals surface area contributed by atoms with Crippen LogP contribution in [0.1, 0.15) is 27.6 Å². The minimum absolute atomic E-state index is 0.0180. The Hall–Kier alpha value is -2.91. The smallest absolute Gasteiger partial charge is 0.416 e. The predicted molar refractivity (Wildman–Crippen MR) is 77.5 cm³/mol. The number of carboxylic acid groups (broad SMARTS) is 1. The Morgan fingerprint density at radius 1 is 1.20 bits per heavy atom. The number of fused-ring (bicyclic) bond motifs is 1. The van der Waals surface area contributed by atoms with E-state index in [4.69, 9.17) is 0 Å². The van der Waals surface area contributed by atoms with E-state index >= 15 is 0 Å². The average molecular weight is 354 g/mol. The Morgan fingerprint density at radius 2 is 1.84 bits per heavy atom. The molecule has 0 saturated carbocycles. The summed E-state index contributed by atoms with van der Waals surface area (Å²) in [6.07, 6.45) is -4.51. The summed E-state index contributed by atoms with van der Waals surface area (Å²) in [6.45, 7) is 1.57. The summed E-state index contributed by atoms with van der Waals surface area (Å²) in [6, 6.07) is 2.50. The third-order valence-electron chi connectivity index (χ3n) is 4.06. The summed E-state index contributed by atoms with van der Waals surface area (Å²) in [7, 11) is 0. The molecule has 1 aromatic carbocycles. The minimum Gasteiger partial charge on any atom is -0.480 e. The molecule has 2 aromatic rings. The van der Waals surface area contributed by atoms with Gasteiger partial charge in [0.1, 0.15) is 11.9 Å². The highest BCUT2D eigenvalue weighted by atomic mass is 19.4. The summed E-state index contributed by atoms with van der Waals surface area (Å²) in [5.74, 6) is -0.926. The SMILES string of the molecule is Cc1nnc2n1CC(C(=O)O)N(C(=O)c1ccc(C(F)(F)F)cc1)C2. The quantitative estimate of drug-likeness (QED) is 0.887. The van der Waals surface area contributed by atoms with Crippen molar-refractivity contribution in [2.45, 2.75) is 32.2 Å². The maximum absolute atomic E-state index is 12.6. The first-order valence-electron chi connectivity index (χ1n) is 7.28. The van der Waals surface area contributed by atoms with Gasteiger partial charge in [-0.1, -0.05) is 0 Å². The molecule has 0 spiro atoms. The van der Waals surface area contributed by atoms with Gasteiger partial charge in [0, 0.05) is 5.56 Å². The number of aryl methyl sites for hydroxylation is 1. The van der Waals surface area contributed by atoms with E-state index in [-0.39, 0.29) is 18.7 Å². The standard InChI is InChI=1S/C15H13F3N4O3/c1-8-19-20-12-7-22(11(14(24)25)6-21(8)12)13(23)9-2-4-10(5-3-9)15(16,17)18/h2-5,11H,6-7H2,1H3,(H,24,25). The van der Waals surface area contributed by atoms with Crippen LogP contribution in [-0.4, -0.2) is 42.7 Å². The second kappa shape index (κ2) is 5.87. The molecule has 0 fully saturated rings. The van der Waals surface area contributed by atoms with Crippen molar-refractivity contribution in [1.82, 2.24) is 19.7 Å². The number of aromatic nitrogens is 3. The van der Waals surface area contributed by atoms with E-state index in [0.29, 0.717) is 11.6 Å². The van der Waals surface area contributed by atoms with Crippen LogP contribution >= 0.6 is 0 Å². The highest BCUT2D eigenvalue weighted by molar-refractivity contribution is 5.96. The van der Waals surface area contributed by atoms with Gasteiger partial charge in [0.25, 0.3) is 5.91 Å². The van der Waals surface area contributed by atoms with Gasteiger partial charge in [-0.2, -0.15) is 13.2 Å². The molecule has 0 aliphatic carbocycles. The van der Waals surface area contributed by atoms with Gasteiger partial charge in [-0.3, -0.25) is 4.79 Å². The van der Waals surface area contributed by atoms with E-state index in [2.05, 4.69) is 10.2 Å². The number of rotatable bonds is 2. The Kier molecular flexibility index (Phi) is 3.97. The number of hydrogen-bond acceptors (Lipinski definition) is 4. The van der Waals surface area contributed by atoms with Crippen molar-refractivity contribution < 1.29 is 27.9 Å². The number of carbonyl (C=O) groups is 2. The molecule has 1 aliphatic rings. The second-order valence-corrected chi connectivity index (χ2v) is 5.64. The summed E-state index contributed by atoms with van der Waals surface area (Å²) in [4.78, 5) is 25.2. The first-order chi connectivity index (χ1) is 11.7. The van der Waals surface area contributed by atoms with Gasteiger partial charge in [0.2, 0.25) is 0 Å². The molecule has 0 saturated heterocycles. The van der Waals surface area contributed by atoms with Crippen molar-refractivity contribution in [3.8, 4) is 0 Å². The van der Waals surface area contributed by atoms with Crippen LogP contribution in [0, 0.1) is 6.92 Å². The van der Waals surface area contributed by atoms with Gasteiger partial charge in [-0.05, 0) is 31.2 Å². The molecular weight excluding hydrogens is 341 g/mol. The molecule has 1 aliphatic heterocycles. The lowest BCUT2D eigenvalue weighted by Gasteiger charge is -2.33. The number of amides is 1. The van der Waals surface area contributed by atoms with Gasteiger partial charge in [0.15, 0.2) is 5.82 Å². The number of aliphatic carboxylic acids is 1. The number of nitrogens with zero attached hydrogens (tertiary/aromatic N) is 4. The molecular formula is C15H13F3N4O3.